The van der Waals surface area contributed by atoms with E-state index in [1.54, 1.807) is 17.0 Å². The number of guanidine groups is 1. The molecule has 11 nitrogen and oxygen atoms in total. The van der Waals surface area contributed by atoms with Crippen LogP contribution in [0.2, 0.25) is 0 Å². The van der Waals surface area contributed by atoms with E-state index in [1.165, 1.54) is 0 Å². The van der Waals surface area contributed by atoms with Gasteiger partial charge in [-0.3, -0.25) is 10.1 Å². The quantitative estimate of drug-likeness (QED) is 0.398. The molecule has 162 valence electrons. The number of nitriles is 2. The molecule has 1 aromatic carbocycles. The fourth-order valence-electron chi connectivity index (χ4n) is 3.78. The first-order valence-corrected chi connectivity index (χ1v) is 10.0. The van der Waals surface area contributed by atoms with Crippen LogP contribution >= 0.6 is 0 Å². The van der Waals surface area contributed by atoms with Gasteiger partial charge >= 0.3 is 0 Å². The Labute approximate surface area is 184 Å². The number of likely N-dealkylation sites (tertiary alicyclic amines) is 1. The van der Waals surface area contributed by atoms with Gasteiger partial charge in [0, 0.05) is 18.5 Å². The Balaban J connectivity index is 1.57. The highest BCUT2D eigenvalue weighted by Gasteiger charge is 2.29. The van der Waals surface area contributed by atoms with E-state index in [9.17, 15) is 10.1 Å². The highest BCUT2D eigenvalue weighted by atomic mass is 16.5. The molecule has 3 heterocycles. The lowest BCUT2D eigenvalue weighted by Crippen LogP contribution is -2.32. The molecule has 6 N–H and O–H groups in total. The number of rotatable bonds is 5. The van der Waals surface area contributed by atoms with Crippen molar-refractivity contribution < 1.29 is 9.53 Å². The number of hydrogen-bond donors (Lipinski definition) is 4. The summed E-state index contributed by atoms with van der Waals surface area (Å²) in [5.74, 6) is 1.32. The Bertz CT molecular complexity index is 1160. The van der Waals surface area contributed by atoms with Gasteiger partial charge in [0.1, 0.15) is 41.7 Å². The summed E-state index contributed by atoms with van der Waals surface area (Å²) in [5, 5.41) is 23.7. The summed E-state index contributed by atoms with van der Waals surface area (Å²) in [4.78, 5) is 22.2. The number of fused-ring (bicyclic) bond motifs is 1. The molecular formula is C21H21N9O2. The maximum Gasteiger partial charge on any atom is 0.222 e. The first-order valence-electron chi connectivity index (χ1n) is 10.0. The number of aliphatic imine (C=N–C) groups is 1. The number of carbonyl (C=O) groups is 1. The molecule has 1 aromatic heterocycles. The molecule has 1 unspecified atom stereocenters. The zero-order chi connectivity index (χ0) is 22.7. The van der Waals surface area contributed by atoms with E-state index in [0.717, 1.165) is 18.5 Å². The molecule has 4 rings (SSSR count). The monoisotopic (exact) mass is 431 g/mol. The Kier molecular flexibility index (Phi) is 5.64. The van der Waals surface area contributed by atoms with Crippen molar-refractivity contribution in [2.75, 3.05) is 36.5 Å². The van der Waals surface area contributed by atoms with Gasteiger partial charge in [-0.05, 0) is 24.1 Å². The number of benzene rings is 1. The first-order chi connectivity index (χ1) is 15.5. The molecular weight excluding hydrogens is 410 g/mol. The molecule has 32 heavy (non-hydrogen) atoms. The van der Waals surface area contributed by atoms with E-state index in [4.69, 9.17) is 21.5 Å². The predicted octanol–water partition coefficient (Wildman–Crippen LogP) is 1.06. The number of ether oxygens (including phenoxy) is 1. The van der Waals surface area contributed by atoms with Gasteiger partial charge in [-0.2, -0.15) is 10.5 Å². The van der Waals surface area contributed by atoms with Crippen LogP contribution in [-0.4, -0.2) is 41.4 Å². The number of aromatic nitrogens is 1. The molecule has 1 saturated heterocycles. The summed E-state index contributed by atoms with van der Waals surface area (Å²) in [6.45, 7) is 1.73. The smallest absolute Gasteiger partial charge is 0.222 e. The Morgan fingerprint density at radius 2 is 2.06 bits per heavy atom. The maximum absolute atomic E-state index is 11.7. The van der Waals surface area contributed by atoms with Gasteiger partial charge in [0.2, 0.25) is 11.9 Å². The molecule has 1 fully saturated rings. The average molecular weight is 431 g/mol. The SMILES string of the molecule is N#CNC1=NC(c2ccc(OCCN3CCCC3=O)cc2)c2c(nc(N)c(C#N)c2N)N1. The summed E-state index contributed by atoms with van der Waals surface area (Å²) in [6.07, 6.45) is 3.31. The molecule has 1 atom stereocenters. The van der Waals surface area contributed by atoms with E-state index in [2.05, 4.69) is 20.6 Å². The summed E-state index contributed by atoms with van der Waals surface area (Å²) < 4.78 is 5.77. The largest absolute Gasteiger partial charge is 0.492 e. The number of anilines is 3. The minimum Gasteiger partial charge on any atom is -0.492 e. The van der Waals surface area contributed by atoms with Gasteiger partial charge in [-0.15, -0.1) is 0 Å². The first kappa shape index (κ1) is 20.8. The van der Waals surface area contributed by atoms with Gasteiger partial charge in [0.05, 0.1) is 12.2 Å². The van der Waals surface area contributed by atoms with Crippen LogP contribution in [0.4, 0.5) is 17.3 Å². The minimum absolute atomic E-state index is 0.00607. The van der Waals surface area contributed by atoms with Crippen molar-refractivity contribution >= 4 is 29.2 Å². The van der Waals surface area contributed by atoms with Crippen molar-refractivity contribution in [3.63, 3.8) is 0 Å². The van der Waals surface area contributed by atoms with Crippen molar-refractivity contribution in [3.8, 4) is 18.0 Å². The van der Waals surface area contributed by atoms with E-state index < -0.39 is 6.04 Å². The second kappa shape index (κ2) is 8.70. The summed E-state index contributed by atoms with van der Waals surface area (Å²) in [6, 6.07) is 8.60. The lowest BCUT2D eigenvalue weighted by atomic mass is 9.95. The lowest BCUT2D eigenvalue weighted by Gasteiger charge is -2.26. The van der Waals surface area contributed by atoms with E-state index >= 15 is 0 Å². The second-order valence-corrected chi connectivity index (χ2v) is 7.30. The fraction of sp³-hybridized carbons (Fsp3) is 0.286. The molecule has 0 aliphatic carbocycles. The van der Waals surface area contributed by atoms with Gasteiger partial charge in [-0.1, -0.05) is 12.1 Å². The highest BCUT2D eigenvalue weighted by molar-refractivity contribution is 5.98. The predicted molar refractivity (Wildman–Crippen MR) is 117 cm³/mol. The van der Waals surface area contributed by atoms with Crippen LogP contribution in [0.3, 0.4) is 0 Å². The summed E-state index contributed by atoms with van der Waals surface area (Å²) >= 11 is 0. The zero-order valence-electron chi connectivity index (χ0n) is 17.1. The summed E-state index contributed by atoms with van der Waals surface area (Å²) in [5.41, 5.74) is 13.6. The lowest BCUT2D eigenvalue weighted by molar-refractivity contribution is -0.128. The molecule has 0 saturated carbocycles. The molecule has 0 spiro atoms. The Hall–Kier alpha value is -4.51. The van der Waals surface area contributed by atoms with Gasteiger partial charge in [0.15, 0.2) is 6.19 Å². The maximum atomic E-state index is 11.7. The van der Waals surface area contributed by atoms with Crippen LogP contribution in [-0.2, 0) is 4.79 Å². The molecule has 2 aromatic rings. The van der Waals surface area contributed by atoms with E-state index in [-0.39, 0.29) is 28.9 Å². The van der Waals surface area contributed by atoms with Crippen LogP contribution in [0.25, 0.3) is 0 Å². The molecule has 11 heteroatoms. The molecule has 0 bridgehead atoms. The minimum atomic E-state index is -0.612. The van der Waals surface area contributed by atoms with Crippen molar-refractivity contribution in [1.29, 1.82) is 10.5 Å². The number of nitrogens with two attached hydrogens (primary N) is 2. The van der Waals surface area contributed by atoms with Crippen LogP contribution in [0.15, 0.2) is 29.3 Å². The number of pyridine rings is 1. The van der Waals surface area contributed by atoms with Crippen LogP contribution in [0.1, 0.15) is 35.6 Å². The number of amides is 1. The zero-order valence-corrected chi connectivity index (χ0v) is 17.1. The Morgan fingerprint density at radius 1 is 1.28 bits per heavy atom. The molecule has 2 aliphatic heterocycles. The van der Waals surface area contributed by atoms with Crippen LogP contribution < -0.4 is 26.8 Å². The highest BCUT2D eigenvalue weighted by Crippen LogP contribution is 2.40. The van der Waals surface area contributed by atoms with Crippen molar-refractivity contribution in [2.45, 2.75) is 18.9 Å². The topological polar surface area (TPSA) is 178 Å². The number of hydrogen-bond acceptors (Lipinski definition) is 10. The molecule has 0 radical (unpaired) electrons. The van der Waals surface area contributed by atoms with Crippen molar-refractivity contribution in [1.82, 2.24) is 15.2 Å². The Morgan fingerprint density at radius 3 is 2.72 bits per heavy atom. The normalized spacial score (nSPS) is 16.9. The van der Waals surface area contributed by atoms with Gasteiger partial charge in [-0.25, -0.2) is 9.98 Å². The summed E-state index contributed by atoms with van der Waals surface area (Å²) in [7, 11) is 0. The van der Waals surface area contributed by atoms with E-state index in [1.807, 2.05) is 24.4 Å². The number of nitrogen functional groups attached to an aromatic ring is 2. The van der Waals surface area contributed by atoms with Crippen molar-refractivity contribution in [3.05, 3.63) is 41.0 Å². The molecule has 2 aliphatic rings. The van der Waals surface area contributed by atoms with Gasteiger partial charge < -0.3 is 26.4 Å². The third kappa shape index (κ3) is 3.91. The number of nitrogens with one attached hydrogen (secondary N) is 2. The second-order valence-electron chi connectivity index (χ2n) is 7.30. The van der Waals surface area contributed by atoms with Gasteiger partial charge in [0.25, 0.3) is 0 Å². The third-order valence-corrected chi connectivity index (χ3v) is 5.35. The van der Waals surface area contributed by atoms with Crippen molar-refractivity contribution in [2.24, 2.45) is 4.99 Å². The fourth-order valence-corrected chi connectivity index (χ4v) is 3.78. The number of carbonyl (C=O) groups excluding carboxylic acids is 1. The molecule has 1 amide bonds. The van der Waals surface area contributed by atoms with E-state index in [0.29, 0.717) is 36.7 Å². The third-order valence-electron chi connectivity index (χ3n) is 5.35. The van der Waals surface area contributed by atoms with Crippen LogP contribution in [0, 0.1) is 22.8 Å². The standard InChI is InChI=1S/C21H21N9O2/c22-10-14-17(24)16-18(27-21(26-11-23)29-20(16)28-19(14)25)12-3-5-13(6-4-12)32-9-8-30-7-1-2-15(30)31/h3-6,18H,1-2,7-9H2,(H6,24,25,26,27,28,29). The number of nitrogens with zero attached hydrogens (tertiary/aromatic N) is 5. The van der Waals surface area contributed by atoms with Crippen LogP contribution in [0.5, 0.6) is 5.75 Å². The average Bonchev–Trinajstić information content (AvgIpc) is 3.19.